The fraction of sp³-hybridized carbons (Fsp3) is 0.864. The average molecular weight is 794 g/mol. The number of carbonyl (C=O) groups is 4. The summed E-state index contributed by atoms with van der Waals surface area (Å²) in [6.45, 7) is 19.8. The van der Waals surface area contributed by atoms with Gasteiger partial charge in [0.2, 0.25) is 17.7 Å². The number of rotatable bonds is 14. The number of amides is 4. The molecular formula is C44H75N9O4. The van der Waals surface area contributed by atoms with E-state index in [9.17, 15) is 14.4 Å². The summed E-state index contributed by atoms with van der Waals surface area (Å²) in [7, 11) is 2.06. The molecule has 320 valence electrons. The predicted octanol–water partition coefficient (Wildman–Crippen LogP) is 4.23. The van der Waals surface area contributed by atoms with E-state index in [0.717, 1.165) is 83.8 Å². The number of nitrogens with two attached hydrogens (primary N) is 1. The van der Waals surface area contributed by atoms with Crippen molar-refractivity contribution in [3.8, 4) is 0 Å². The molecule has 2 saturated heterocycles. The lowest BCUT2D eigenvalue weighted by Gasteiger charge is -2.41. The molecule has 0 aromatic heterocycles. The van der Waals surface area contributed by atoms with Crippen LogP contribution in [0.25, 0.3) is 0 Å². The van der Waals surface area contributed by atoms with Crippen LogP contribution >= 0.6 is 0 Å². The van der Waals surface area contributed by atoms with Gasteiger partial charge in [-0.15, -0.1) is 0 Å². The van der Waals surface area contributed by atoms with Crippen LogP contribution in [0.5, 0.6) is 0 Å². The van der Waals surface area contributed by atoms with E-state index in [1.165, 1.54) is 0 Å². The van der Waals surface area contributed by atoms with E-state index in [2.05, 4.69) is 60.5 Å². The molecule has 0 aromatic carbocycles. The number of likely N-dealkylation sites (N-methyl/N-ethyl adjacent to an activating group) is 1. The van der Waals surface area contributed by atoms with Crippen LogP contribution in [-0.4, -0.2) is 125 Å². The smallest absolute Gasteiger partial charge is 0.267 e. The van der Waals surface area contributed by atoms with Crippen molar-refractivity contribution in [2.75, 3.05) is 33.2 Å². The van der Waals surface area contributed by atoms with Crippen molar-refractivity contribution in [1.82, 2.24) is 30.7 Å². The first-order valence-corrected chi connectivity index (χ1v) is 22.4. The largest absolute Gasteiger partial charge is 0.386 e. The number of hydrogen-bond donors (Lipinski definition) is 5. The second-order valence-corrected chi connectivity index (χ2v) is 20.6. The van der Waals surface area contributed by atoms with Gasteiger partial charge in [0.05, 0.1) is 12.1 Å². The fourth-order valence-corrected chi connectivity index (χ4v) is 11.4. The first-order valence-electron chi connectivity index (χ1n) is 22.4. The summed E-state index contributed by atoms with van der Waals surface area (Å²) in [6.07, 6.45) is 11.7. The third-order valence-electron chi connectivity index (χ3n) is 15.6. The Kier molecular flexibility index (Phi) is 12.6. The molecule has 4 aliphatic carbocycles. The number of likely N-dealkylation sites (tertiary alicyclic amines) is 1. The van der Waals surface area contributed by atoms with Crippen molar-refractivity contribution in [3.05, 3.63) is 0 Å². The Balaban J connectivity index is 1.28. The zero-order chi connectivity index (χ0) is 41.7. The molecule has 4 saturated carbocycles. The Morgan fingerprint density at radius 2 is 1.60 bits per heavy atom. The van der Waals surface area contributed by atoms with Gasteiger partial charge in [-0.05, 0) is 94.4 Å². The minimum atomic E-state index is -0.917. The van der Waals surface area contributed by atoms with Crippen molar-refractivity contribution in [2.45, 2.75) is 181 Å². The maximum Gasteiger partial charge on any atom is 0.267 e. The van der Waals surface area contributed by atoms with Gasteiger partial charge in [0.1, 0.15) is 29.7 Å². The molecule has 2 spiro atoms. The summed E-state index contributed by atoms with van der Waals surface area (Å²) >= 11 is 0. The number of hydrogen-bond acceptors (Lipinski definition) is 8. The molecular weight excluding hydrogens is 719 g/mol. The lowest BCUT2D eigenvalue weighted by Crippen LogP contribution is -2.60. The zero-order valence-electron chi connectivity index (χ0n) is 36.6. The summed E-state index contributed by atoms with van der Waals surface area (Å²) in [5.41, 5.74) is 5.82. The lowest BCUT2D eigenvalue weighted by atomic mass is 9.73. The van der Waals surface area contributed by atoms with Gasteiger partial charge >= 0.3 is 0 Å². The van der Waals surface area contributed by atoms with Crippen molar-refractivity contribution < 1.29 is 19.2 Å². The highest BCUT2D eigenvalue weighted by atomic mass is 16.2. The topological polar surface area (TPSA) is 176 Å². The summed E-state index contributed by atoms with van der Waals surface area (Å²) in [4.78, 5) is 69.0. The van der Waals surface area contributed by atoms with Crippen LogP contribution in [0.3, 0.4) is 0 Å². The quantitative estimate of drug-likeness (QED) is 0.129. The van der Waals surface area contributed by atoms with Crippen LogP contribution in [0, 0.1) is 33.0 Å². The minimum absolute atomic E-state index is 0.0189. The standard InChI is InChI=1S/C44H75N9O4/c1-10-15-30(33(45)38(55)47-29-18-19-29)48-37(54)31-24-44(42(7,8)43(44)20-14-21-43)26-53(31)40(57)35(41(4,5)6)50-39(56)34(28-16-12-11-13-17-28)49-36(46)32-25-52(27(2)3)23-22-51(32)9/h27-32,34-35,45H,10-26H2,1-9H3,(H2,46,49)(H,47,55)(H,48,54)(H,50,56)/t30?,31-,32+,34?,35+,44+/m0/s1. The van der Waals surface area contributed by atoms with Gasteiger partial charge in [0.15, 0.2) is 0 Å². The summed E-state index contributed by atoms with van der Waals surface area (Å²) in [5, 5.41) is 18.0. The van der Waals surface area contributed by atoms with Crippen molar-refractivity contribution in [1.29, 1.82) is 5.41 Å². The lowest BCUT2D eigenvalue weighted by molar-refractivity contribution is -0.144. The van der Waals surface area contributed by atoms with Gasteiger partial charge in [-0.3, -0.25) is 39.4 Å². The molecule has 6 rings (SSSR count). The van der Waals surface area contributed by atoms with Gasteiger partial charge in [0.25, 0.3) is 5.91 Å². The minimum Gasteiger partial charge on any atom is -0.386 e. The first-order chi connectivity index (χ1) is 26.8. The zero-order valence-corrected chi connectivity index (χ0v) is 36.6. The highest BCUT2D eigenvalue weighted by Gasteiger charge is 2.85. The number of nitrogens with zero attached hydrogens (tertiary/aromatic N) is 4. The number of nitrogens with one attached hydrogen (secondary N) is 4. The fourth-order valence-electron chi connectivity index (χ4n) is 11.4. The van der Waals surface area contributed by atoms with E-state index in [1.54, 1.807) is 4.90 Å². The predicted molar refractivity (Wildman–Crippen MR) is 225 cm³/mol. The Bertz CT molecular complexity index is 1570. The highest BCUT2D eigenvalue weighted by molar-refractivity contribution is 6.40. The maximum absolute atomic E-state index is 15.2. The van der Waals surface area contributed by atoms with Gasteiger partial charge in [-0.2, -0.15) is 0 Å². The van der Waals surface area contributed by atoms with Gasteiger partial charge in [0, 0.05) is 43.7 Å². The normalized spacial score (nSPS) is 29.4. The SMILES string of the molecule is CCCC(NC(=O)[C@@H]1C[C@@]2(CN1C(=O)[C@@H](NC(=O)C(N=C(N)[C@H]1CN(C(C)C)CCN1C)C1CCCCC1)C(C)(C)C)C(C)(C)C21CCC1)C(=N)C(=O)NC1CC1. The van der Waals surface area contributed by atoms with Gasteiger partial charge in [-0.25, -0.2) is 0 Å². The molecule has 2 unspecified atom stereocenters. The molecule has 2 aliphatic heterocycles. The molecule has 2 heterocycles. The van der Waals surface area contributed by atoms with Gasteiger partial charge in [-0.1, -0.05) is 73.6 Å². The number of aliphatic imine (C=N–C) groups is 1. The van der Waals surface area contributed by atoms with Crippen LogP contribution in [-0.2, 0) is 19.2 Å². The van der Waals surface area contributed by atoms with Crippen LogP contribution in [0.2, 0.25) is 0 Å². The molecule has 4 amide bonds. The van der Waals surface area contributed by atoms with Crippen molar-refractivity contribution in [2.24, 2.45) is 38.3 Å². The second-order valence-electron chi connectivity index (χ2n) is 20.6. The van der Waals surface area contributed by atoms with E-state index in [4.69, 9.17) is 16.1 Å². The van der Waals surface area contributed by atoms with Crippen LogP contribution < -0.4 is 21.7 Å². The van der Waals surface area contributed by atoms with E-state index < -0.39 is 35.5 Å². The molecule has 0 aromatic rings. The molecule has 0 radical (unpaired) electrons. The molecule has 6 N–H and O–H groups in total. The molecule has 6 fully saturated rings. The molecule has 13 nitrogen and oxygen atoms in total. The summed E-state index contributed by atoms with van der Waals surface area (Å²) in [5.74, 6) is -0.841. The van der Waals surface area contributed by atoms with Crippen LogP contribution in [0.1, 0.15) is 139 Å². The molecule has 57 heavy (non-hydrogen) atoms. The third-order valence-corrected chi connectivity index (χ3v) is 15.6. The molecule has 6 atom stereocenters. The summed E-state index contributed by atoms with van der Waals surface area (Å²) < 4.78 is 0. The third kappa shape index (κ3) is 8.26. The van der Waals surface area contributed by atoms with E-state index in [0.29, 0.717) is 37.7 Å². The maximum atomic E-state index is 15.2. The highest BCUT2D eigenvalue weighted by Crippen LogP contribution is 2.88. The van der Waals surface area contributed by atoms with E-state index >= 15 is 4.79 Å². The number of amidine groups is 1. The number of carbonyl (C=O) groups excluding carboxylic acids is 4. The number of piperazine rings is 1. The molecule has 0 bridgehead atoms. The van der Waals surface area contributed by atoms with E-state index in [1.807, 2.05) is 27.7 Å². The molecule has 6 aliphatic rings. The summed E-state index contributed by atoms with van der Waals surface area (Å²) in [6, 6.07) is -2.82. The Labute approximate surface area is 342 Å². The Morgan fingerprint density at radius 3 is 2.14 bits per heavy atom. The van der Waals surface area contributed by atoms with Gasteiger partial charge < -0.3 is 26.6 Å². The van der Waals surface area contributed by atoms with Crippen molar-refractivity contribution >= 4 is 35.2 Å². The van der Waals surface area contributed by atoms with Crippen molar-refractivity contribution in [3.63, 3.8) is 0 Å². The Hall–Kier alpha value is -3.06. The van der Waals surface area contributed by atoms with Crippen LogP contribution in [0.4, 0.5) is 0 Å². The number of fused-ring (bicyclic) bond motifs is 1. The van der Waals surface area contributed by atoms with Crippen LogP contribution in [0.15, 0.2) is 4.99 Å². The average Bonchev–Trinajstić information content (AvgIpc) is 3.97. The molecule has 13 heteroatoms. The Morgan fingerprint density at radius 1 is 0.930 bits per heavy atom. The first kappa shape index (κ1) is 43.5. The second kappa shape index (κ2) is 16.5. The van der Waals surface area contributed by atoms with E-state index in [-0.39, 0.29) is 57.7 Å². The monoisotopic (exact) mass is 794 g/mol.